The molecule has 0 aromatic carbocycles. The molecule has 0 saturated heterocycles. The summed E-state index contributed by atoms with van der Waals surface area (Å²) in [6.07, 6.45) is 7.22. The van der Waals surface area contributed by atoms with E-state index in [0.29, 0.717) is 5.82 Å². The minimum Gasteiger partial charge on any atom is -0.476 e. The molecule has 1 N–H and O–H groups in total. The van der Waals surface area contributed by atoms with Gasteiger partial charge in [-0.05, 0) is 37.3 Å². The maximum Gasteiger partial charge on any atom is 0.356 e. The minimum absolute atomic E-state index is 0.00882. The molecule has 0 bridgehead atoms. The first-order valence-electron chi connectivity index (χ1n) is 5.87. The molecular weight excluding hydrogens is 232 g/mol. The molecule has 0 amide bonds. The van der Waals surface area contributed by atoms with E-state index in [2.05, 4.69) is 15.2 Å². The van der Waals surface area contributed by atoms with Gasteiger partial charge in [-0.2, -0.15) is 5.10 Å². The standard InChI is InChI=1S/C12H12N4O2/c17-12(18)10-6-16(7-13-10)11-5-8-3-1-2-4-9(8)14-15-11/h5-7H,1-4H2,(H,17,18). The molecule has 0 saturated carbocycles. The number of carbonyl (C=O) groups is 1. The zero-order valence-electron chi connectivity index (χ0n) is 9.70. The number of fused-ring (bicyclic) bond motifs is 1. The number of aryl methyl sites for hydroxylation is 2. The van der Waals surface area contributed by atoms with Gasteiger partial charge < -0.3 is 5.11 Å². The second-order valence-corrected chi connectivity index (χ2v) is 4.35. The number of hydrogen-bond acceptors (Lipinski definition) is 4. The molecule has 0 unspecified atom stereocenters. The lowest BCUT2D eigenvalue weighted by atomic mass is 9.97. The van der Waals surface area contributed by atoms with Gasteiger partial charge in [0.1, 0.15) is 6.33 Å². The van der Waals surface area contributed by atoms with Gasteiger partial charge in [-0.1, -0.05) is 0 Å². The van der Waals surface area contributed by atoms with Gasteiger partial charge in [0.05, 0.1) is 5.69 Å². The highest BCUT2D eigenvalue weighted by Gasteiger charge is 2.14. The van der Waals surface area contributed by atoms with E-state index in [1.807, 2.05) is 6.07 Å². The zero-order valence-corrected chi connectivity index (χ0v) is 9.70. The van der Waals surface area contributed by atoms with Crippen molar-refractivity contribution in [2.24, 2.45) is 0 Å². The summed E-state index contributed by atoms with van der Waals surface area (Å²) in [4.78, 5) is 14.6. The van der Waals surface area contributed by atoms with Crippen LogP contribution in [0.2, 0.25) is 0 Å². The molecule has 1 aliphatic carbocycles. The van der Waals surface area contributed by atoms with Gasteiger partial charge in [-0.25, -0.2) is 9.78 Å². The van der Waals surface area contributed by atoms with Crippen LogP contribution in [-0.2, 0) is 12.8 Å². The first-order valence-corrected chi connectivity index (χ1v) is 5.87. The Labute approximate surface area is 103 Å². The summed E-state index contributed by atoms with van der Waals surface area (Å²) in [5.74, 6) is -0.421. The first-order chi connectivity index (χ1) is 8.74. The maximum absolute atomic E-state index is 10.8. The third-order valence-corrected chi connectivity index (χ3v) is 3.12. The Morgan fingerprint density at radius 1 is 1.28 bits per heavy atom. The molecule has 0 fully saturated rings. The smallest absolute Gasteiger partial charge is 0.356 e. The van der Waals surface area contributed by atoms with Crippen LogP contribution in [0.3, 0.4) is 0 Å². The SMILES string of the molecule is O=C(O)c1cn(-c2cc3c(nn2)CCCC3)cn1. The van der Waals surface area contributed by atoms with Crippen LogP contribution in [0, 0.1) is 0 Å². The van der Waals surface area contributed by atoms with Gasteiger partial charge in [-0.15, -0.1) is 5.10 Å². The van der Waals surface area contributed by atoms with Crippen molar-refractivity contribution in [3.05, 3.63) is 35.5 Å². The van der Waals surface area contributed by atoms with Crippen molar-refractivity contribution in [1.82, 2.24) is 19.7 Å². The van der Waals surface area contributed by atoms with Crippen LogP contribution in [-0.4, -0.2) is 30.8 Å². The second kappa shape index (κ2) is 4.21. The van der Waals surface area contributed by atoms with Crippen molar-refractivity contribution in [3.63, 3.8) is 0 Å². The van der Waals surface area contributed by atoms with Gasteiger partial charge in [0.15, 0.2) is 11.5 Å². The van der Waals surface area contributed by atoms with Gasteiger partial charge in [0, 0.05) is 6.20 Å². The zero-order chi connectivity index (χ0) is 12.5. The number of imidazole rings is 1. The minimum atomic E-state index is -1.04. The number of carboxylic acids is 1. The summed E-state index contributed by atoms with van der Waals surface area (Å²) in [5, 5.41) is 17.1. The molecule has 6 nitrogen and oxygen atoms in total. The molecule has 2 aromatic rings. The average Bonchev–Trinajstić information content (AvgIpc) is 2.88. The molecule has 2 aromatic heterocycles. The van der Waals surface area contributed by atoms with E-state index >= 15 is 0 Å². The van der Waals surface area contributed by atoms with E-state index in [1.165, 1.54) is 24.5 Å². The van der Waals surface area contributed by atoms with E-state index in [-0.39, 0.29) is 5.69 Å². The molecule has 2 heterocycles. The first kappa shape index (κ1) is 10.9. The summed E-state index contributed by atoms with van der Waals surface area (Å²) >= 11 is 0. The van der Waals surface area contributed by atoms with E-state index in [0.717, 1.165) is 25.0 Å². The third-order valence-electron chi connectivity index (χ3n) is 3.12. The van der Waals surface area contributed by atoms with Crippen LogP contribution >= 0.6 is 0 Å². The predicted octanol–water partition coefficient (Wildman–Crippen LogP) is 1.24. The van der Waals surface area contributed by atoms with Crippen LogP contribution in [0.15, 0.2) is 18.6 Å². The van der Waals surface area contributed by atoms with Crippen molar-refractivity contribution in [3.8, 4) is 5.82 Å². The number of nitrogens with zero attached hydrogens (tertiary/aromatic N) is 4. The van der Waals surface area contributed by atoms with Crippen molar-refractivity contribution in [2.45, 2.75) is 25.7 Å². The fourth-order valence-corrected chi connectivity index (χ4v) is 2.16. The second-order valence-electron chi connectivity index (χ2n) is 4.35. The molecule has 1 aliphatic rings. The van der Waals surface area contributed by atoms with Crippen molar-refractivity contribution >= 4 is 5.97 Å². The molecule has 3 rings (SSSR count). The van der Waals surface area contributed by atoms with Gasteiger partial charge in [0.2, 0.25) is 0 Å². The highest BCUT2D eigenvalue weighted by molar-refractivity contribution is 5.85. The van der Waals surface area contributed by atoms with Gasteiger partial charge in [-0.3, -0.25) is 4.57 Å². The highest BCUT2D eigenvalue weighted by atomic mass is 16.4. The molecule has 0 spiro atoms. The van der Waals surface area contributed by atoms with Crippen LogP contribution < -0.4 is 0 Å². The van der Waals surface area contributed by atoms with Crippen LogP contribution in [0.5, 0.6) is 0 Å². The fraction of sp³-hybridized carbons (Fsp3) is 0.333. The van der Waals surface area contributed by atoms with Crippen molar-refractivity contribution in [2.75, 3.05) is 0 Å². The molecular formula is C12H12N4O2. The van der Waals surface area contributed by atoms with Crippen molar-refractivity contribution in [1.29, 1.82) is 0 Å². The normalized spacial score (nSPS) is 14.2. The Kier molecular flexibility index (Phi) is 2.55. The number of aromatic nitrogens is 4. The number of carboxylic acid groups (broad SMARTS) is 1. The quantitative estimate of drug-likeness (QED) is 0.859. The molecule has 92 valence electrons. The van der Waals surface area contributed by atoms with E-state index < -0.39 is 5.97 Å². The molecule has 6 heteroatoms. The van der Waals surface area contributed by atoms with Gasteiger partial charge >= 0.3 is 5.97 Å². The topological polar surface area (TPSA) is 80.9 Å². The van der Waals surface area contributed by atoms with Gasteiger partial charge in [0.25, 0.3) is 0 Å². The molecule has 18 heavy (non-hydrogen) atoms. The lowest BCUT2D eigenvalue weighted by Crippen LogP contribution is -2.09. The van der Waals surface area contributed by atoms with E-state index in [9.17, 15) is 4.79 Å². The van der Waals surface area contributed by atoms with Crippen LogP contribution in [0.4, 0.5) is 0 Å². The van der Waals surface area contributed by atoms with Crippen molar-refractivity contribution < 1.29 is 9.90 Å². The third kappa shape index (κ3) is 1.85. The Bertz CT molecular complexity index is 606. The molecule has 0 aliphatic heterocycles. The largest absolute Gasteiger partial charge is 0.476 e. The van der Waals surface area contributed by atoms with E-state index in [4.69, 9.17) is 5.11 Å². The van der Waals surface area contributed by atoms with Crippen LogP contribution in [0.1, 0.15) is 34.6 Å². The van der Waals surface area contributed by atoms with E-state index in [1.54, 1.807) is 4.57 Å². The summed E-state index contributed by atoms with van der Waals surface area (Å²) < 4.78 is 1.59. The fourth-order valence-electron chi connectivity index (χ4n) is 2.16. The molecule has 0 atom stereocenters. The summed E-state index contributed by atoms with van der Waals surface area (Å²) in [6.45, 7) is 0. The van der Waals surface area contributed by atoms with Crippen LogP contribution in [0.25, 0.3) is 5.82 Å². The number of rotatable bonds is 2. The summed E-state index contributed by atoms with van der Waals surface area (Å²) in [5.41, 5.74) is 2.27. The Hall–Kier alpha value is -2.24. The number of hydrogen-bond donors (Lipinski definition) is 1. The Balaban J connectivity index is 1.98. The lowest BCUT2D eigenvalue weighted by molar-refractivity contribution is 0.0691. The summed E-state index contributed by atoms with van der Waals surface area (Å²) in [7, 11) is 0. The molecule has 0 radical (unpaired) electrons. The summed E-state index contributed by atoms with van der Waals surface area (Å²) in [6, 6.07) is 1.97. The predicted molar refractivity (Wildman–Crippen MR) is 62.8 cm³/mol. The maximum atomic E-state index is 10.8. The lowest BCUT2D eigenvalue weighted by Gasteiger charge is -2.14. The number of aromatic carboxylic acids is 1. The Morgan fingerprint density at radius 2 is 2.11 bits per heavy atom. The highest BCUT2D eigenvalue weighted by Crippen LogP contribution is 2.20. The average molecular weight is 244 g/mol. The monoisotopic (exact) mass is 244 g/mol. The Morgan fingerprint density at radius 3 is 2.89 bits per heavy atom.